The molecule has 0 aromatic rings. The molecule has 0 bridgehead atoms. The van der Waals surface area contributed by atoms with Crippen LogP contribution < -0.4 is 0 Å². The molecule has 0 unspecified atom stereocenters. The summed E-state index contributed by atoms with van der Waals surface area (Å²) in [5.41, 5.74) is 0.398. The molecule has 5 nitrogen and oxygen atoms in total. The Kier molecular flexibility index (Phi) is 19.9. The van der Waals surface area contributed by atoms with Gasteiger partial charge in [-0.1, -0.05) is 64.9 Å². The fraction of sp³-hybridized carbons (Fsp3) is 0.737. The second kappa shape index (κ2) is 19.4. The van der Waals surface area contributed by atoms with E-state index in [9.17, 15) is 9.59 Å². The van der Waals surface area contributed by atoms with Crippen LogP contribution in [0.15, 0.2) is 17.3 Å². The van der Waals surface area contributed by atoms with Gasteiger partial charge in [-0.3, -0.25) is 9.79 Å². The smallest absolute Gasteiger partial charge is 0.352 e. The highest BCUT2D eigenvalue weighted by atomic mass is 16.5. The van der Waals surface area contributed by atoms with Gasteiger partial charge in [0.25, 0.3) is 0 Å². The van der Waals surface area contributed by atoms with Gasteiger partial charge in [0.15, 0.2) is 0 Å². The van der Waals surface area contributed by atoms with E-state index in [2.05, 4.69) is 16.7 Å². The number of rotatable bonds is 12. The highest BCUT2D eigenvalue weighted by Gasteiger charge is 2.01. The van der Waals surface area contributed by atoms with Crippen molar-refractivity contribution in [3.05, 3.63) is 12.3 Å². The Bertz CT molecular complexity index is 376. The van der Waals surface area contributed by atoms with E-state index >= 15 is 0 Å². The fourth-order valence-corrected chi connectivity index (χ4v) is 1.84. The number of carboxylic acid groups (broad SMARTS) is 1. The van der Waals surface area contributed by atoms with Crippen LogP contribution in [-0.4, -0.2) is 29.9 Å². The normalized spacial score (nSPS) is 11.1. The number of esters is 1. The topological polar surface area (TPSA) is 76.0 Å². The largest absolute Gasteiger partial charge is 0.481 e. The van der Waals surface area contributed by atoms with Gasteiger partial charge in [-0.15, -0.1) is 0 Å². The van der Waals surface area contributed by atoms with E-state index in [1.165, 1.54) is 58.5 Å². The SMILES string of the molecule is CCC(=O)O.CCCCCCCCCCC=CN=C(C)C(=O)OC. The van der Waals surface area contributed by atoms with Crippen LogP contribution in [0, 0.1) is 0 Å². The highest BCUT2D eigenvalue weighted by molar-refractivity contribution is 6.35. The molecule has 0 aromatic carbocycles. The van der Waals surface area contributed by atoms with E-state index in [4.69, 9.17) is 5.11 Å². The van der Waals surface area contributed by atoms with E-state index in [-0.39, 0.29) is 12.4 Å². The van der Waals surface area contributed by atoms with Crippen LogP contribution in [0.3, 0.4) is 0 Å². The van der Waals surface area contributed by atoms with Gasteiger partial charge in [-0.25, -0.2) is 4.79 Å². The Morgan fingerprint density at radius 3 is 1.96 bits per heavy atom. The van der Waals surface area contributed by atoms with Crippen molar-refractivity contribution in [3.63, 3.8) is 0 Å². The van der Waals surface area contributed by atoms with Crippen molar-refractivity contribution in [2.75, 3.05) is 7.11 Å². The van der Waals surface area contributed by atoms with Crippen molar-refractivity contribution in [2.45, 2.75) is 85.0 Å². The van der Waals surface area contributed by atoms with Crippen LogP contribution >= 0.6 is 0 Å². The van der Waals surface area contributed by atoms with Crippen LogP contribution in [-0.2, 0) is 14.3 Å². The number of carbonyl (C=O) groups is 2. The molecule has 0 atom stereocenters. The maximum absolute atomic E-state index is 11.0. The lowest BCUT2D eigenvalue weighted by Gasteiger charge is -1.99. The van der Waals surface area contributed by atoms with E-state index in [1.54, 1.807) is 20.0 Å². The monoisotopic (exact) mass is 341 g/mol. The summed E-state index contributed by atoms with van der Waals surface area (Å²) in [5, 5.41) is 7.72. The zero-order valence-electron chi connectivity index (χ0n) is 15.8. The summed E-state index contributed by atoms with van der Waals surface area (Å²) in [4.78, 5) is 24.4. The third-order valence-corrected chi connectivity index (χ3v) is 3.38. The maximum atomic E-state index is 11.0. The molecule has 0 fully saturated rings. The second-order valence-corrected chi connectivity index (χ2v) is 5.60. The predicted molar refractivity (Wildman–Crippen MR) is 99.4 cm³/mol. The molecule has 24 heavy (non-hydrogen) atoms. The Hall–Kier alpha value is -1.65. The quantitative estimate of drug-likeness (QED) is 0.303. The molecule has 0 radical (unpaired) electrons. The molecule has 0 aliphatic rings. The van der Waals surface area contributed by atoms with E-state index < -0.39 is 5.97 Å². The number of nitrogens with zero attached hydrogens (tertiary/aromatic N) is 1. The summed E-state index contributed by atoms with van der Waals surface area (Å²) in [7, 11) is 1.37. The Morgan fingerprint density at radius 2 is 1.50 bits per heavy atom. The summed E-state index contributed by atoms with van der Waals surface area (Å²) in [6, 6.07) is 0. The predicted octanol–water partition coefficient (Wildman–Crippen LogP) is 5.15. The Balaban J connectivity index is 0. The lowest BCUT2D eigenvalue weighted by atomic mass is 10.1. The van der Waals surface area contributed by atoms with E-state index in [0.717, 1.165) is 6.42 Å². The first-order valence-electron chi connectivity index (χ1n) is 8.99. The van der Waals surface area contributed by atoms with Gasteiger partial charge in [0.2, 0.25) is 0 Å². The molecule has 0 rings (SSSR count). The van der Waals surface area contributed by atoms with Crippen LogP contribution in [0.2, 0.25) is 0 Å². The van der Waals surface area contributed by atoms with E-state index in [0.29, 0.717) is 5.71 Å². The van der Waals surface area contributed by atoms with Crippen LogP contribution in [0.1, 0.15) is 85.0 Å². The van der Waals surface area contributed by atoms with Gasteiger partial charge in [-0.2, -0.15) is 0 Å². The Morgan fingerprint density at radius 1 is 1.00 bits per heavy atom. The third kappa shape index (κ3) is 20.3. The summed E-state index contributed by atoms with van der Waals surface area (Å²) in [6.07, 6.45) is 15.6. The molecule has 0 saturated carbocycles. The summed E-state index contributed by atoms with van der Waals surface area (Å²) in [5.74, 6) is -1.11. The molecule has 0 spiro atoms. The van der Waals surface area contributed by atoms with Crippen molar-refractivity contribution >= 4 is 17.7 Å². The van der Waals surface area contributed by atoms with Gasteiger partial charge in [-0.05, 0) is 19.8 Å². The zero-order valence-corrected chi connectivity index (χ0v) is 15.8. The number of hydrogen-bond donors (Lipinski definition) is 1. The number of allylic oxidation sites excluding steroid dienone is 1. The van der Waals surface area contributed by atoms with Crippen LogP contribution in [0.5, 0.6) is 0 Å². The van der Waals surface area contributed by atoms with E-state index in [1.807, 2.05) is 6.08 Å². The van der Waals surface area contributed by atoms with Crippen molar-refractivity contribution in [3.8, 4) is 0 Å². The van der Waals surface area contributed by atoms with Crippen LogP contribution in [0.4, 0.5) is 0 Å². The molecule has 0 aromatic heterocycles. The number of carboxylic acids is 1. The first-order chi connectivity index (χ1) is 11.5. The number of aliphatic imine (C=N–C) groups is 1. The summed E-state index contributed by atoms with van der Waals surface area (Å²) >= 11 is 0. The van der Waals surface area contributed by atoms with Gasteiger partial charge in [0, 0.05) is 12.6 Å². The Labute approximate surface area is 147 Å². The lowest BCUT2D eigenvalue weighted by molar-refractivity contribution is -0.136. The minimum Gasteiger partial charge on any atom is -0.481 e. The van der Waals surface area contributed by atoms with Gasteiger partial charge in [0.05, 0.1) is 7.11 Å². The van der Waals surface area contributed by atoms with Crippen LogP contribution in [0.25, 0.3) is 0 Å². The second-order valence-electron chi connectivity index (χ2n) is 5.60. The average Bonchev–Trinajstić information content (AvgIpc) is 2.59. The first-order valence-corrected chi connectivity index (χ1v) is 8.99. The number of hydrogen-bond acceptors (Lipinski definition) is 4. The number of aliphatic carboxylic acids is 1. The molecular weight excluding hydrogens is 306 g/mol. The van der Waals surface area contributed by atoms with Gasteiger partial charge >= 0.3 is 11.9 Å². The summed E-state index contributed by atoms with van der Waals surface area (Å²) < 4.78 is 4.56. The number of unbranched alkanes of at least 4 members (excludes halogenated alkanes) is 8. The molecule has 0 amide bonds. The zero-order chi connectivity index (χ0) is 18.6. The van der Waals surface area contributed by atoms with Crippen molar-refractivity contribution in [2.24, 2.45) is 4.99 Å². The highest BCUT2D eigenvalue weighted by Crippen LogP contribution is 2.09. The molecule has 0 saturated heterocycles. The number of ether oxygens (including phenoxy) is 1. The fourth-order valence-electron chi connectivity index (χ4n) is 1.84. The first kappa shape index (κ1) is 24.6. The third-order valence-electron chi connectivity index (χ3n) is 3.38. The molecule has 140 valence electrons. The minimum atomic E-state index is -0.745. The van der Waals surface area contributed by atoms with Gasteiger partial charge < -0.3 is 9.84 Å². The van der Waals surface area contributed by atoms with Crippen molar-refractivity contribution in [1.29, 1.82) is 0 Å². The average molecular weight is 341 g/mol. The number of methoxy groups -OCH3 is 1. The molecule has 0 heterocycles. The van der Waals surface area contributed by atoms with Crippen molar-refractivity contribution < 1.29 is 19.4 Å². The number of carbonyl (C=O) groups excluding carboxylic acids is 1. The van der Waals surface area contributed by atoms with Gasteiger partial charge in [0.1, 0.15) is 5.71 Å². The lowest BCUT2D eigenvalue weighted by Crippen LogP contribution is -2.10. The molecule has 0 aliphatic heterocycles. The maximum Gasteiger partial charge on any atom is 0.352 e. The standard InChI is InChI=1S/C16H29NO2.C3H6O2/c1-4-5-6-7-8-9-10-11-12-13-14-17-15(2)16(18)19-3;1-2-3(4)5/h13-14H,4-12H2,1-3H3;2H2,1H3,(H,4,5). The molecule has 0 aliphatic carbocycles. The molecule has 5 heteroatoms. The molecular formula is C19H35NO4. The summed E-state index contributed by atoms with van der Waals surface area (Å²) in [6.45, 7) is 5.51. The van der Waals surface area contributed by atoms with Crippen molar-refractivity contribution in [1.82, 2.24) is 0 Å². The molecule has 1 N–H and O–H groups in total. The minimum absolute atomic E-state index is 0.222.